The molecule has 1 aromatic rings. The Kier molecular flexibility index (Phi) is 6.24. The van der Waals surface area contributed by atoms with Gasteiger partial charge in [-0.15, -0.1) is 11.8 Å². The van der Waals surface area contributed by atoms with Crippen LogP contribution in [0.15, 0.2) is 35.4 Å². The number of Topliss-reactive ketones (excluding diaryl/α,β-unsaturated/α-hetero) is 1. The first kappa shape index (κ1) is 19.9. The fourth-order valence-electron chi connectivity index (χ4n) is 3.46. The molecule has 1 fully saturated rings. The molecule has 1 amide bonds. The van der Waals surface area contributed by atoms with Crippen LogP contribution in [-0.4, -0.2) is 58.6 Å². The highest BCUT2D eigenvalue weighted by atomic mass is 35.5. The molecule has 2 atom stereocenters. The van der Waals surface area contributed by atoms with Crippen molar-refractivity contribution in [1.29, 1.82) is 0 Å². The van der Waals surface area contributed by atoms with Gasteiger partial charge in [0, 0.05) is 34.9 Å². The molecule has 1 saturated heterocycles. The molecule has 6 nitrogen and oxygen atoms in total. The monoisotopic (exact) mass is 409 g/mol. The van der Waals surface area contributed by atoms with E-state index in [2.05, 4.69) is 0 Å². The summed E-state index contributed by atoms with van der Waals surface area (Å²) in [6.07, 6.45) is 3.02. The van der Waals surface area contributed by atoms with Crippen molar-refractivity contribution in [2.45, 2.75) is 30.7 Å². The van der Waals surface area contributed by atoms with E-state index in [1.54, 1.807) is 35.4 Å². The SMILES string of the molecule is CS[C@H]1C(C(=O)c2ccc(Cl)cc2)=C(CC(=O)O)C(=O)N1C[C@@H]1CCCO1. The predicted octanol–water partition coefficient (Wildman–Crippen LogP) is 3.00. The van der Waals surface area contributed by atoms with Crippen molar-refractivity contribution < 1.29 is 24.2 Å². The van der Waals surface area contributed by atoms with Gasteiger partial charge in [0.2, 0.25) is 0 Å². The number of aliphatic carboxylic acids is 1. The zero-order chi connectivity index (χ0) is 19.6. The summed E-state index contributed by atoms with van der Waals surface area (Å²) < 4.78 is 5.63. The Morgan fingerprint density at radius 1 is 1.33 bits per heavy atom. The van der Waals surface area contributed by atoms with E-state index in [1.807, 2.05) is 0 Å². The standard InChI is InChI=1S/C19H20ClNO5S/c1-27-19-16(17(24)11-4-6-12(20)7-5-11)14(9-15(22)23)18(25)21(19)10-13-3-2-8-26-13/h4-7,13,19H,2-3,8-10H2,1H3,(H,22,23)/t13-,19-/m0/s1. The molecule has 144 valence electrons. The minimum atomic E-state index is -1.14. The van der Waals surface area contributed by atoms with E-state index in [0.29, 0.717) is 23.7 Å². The van der Waals surface area contributed by atoms with Gasteiger partial charge in [-0.1, -0.05) is 11.6 Å². The average Bonchev–Trinajstić information content (AvgIpc) is 3.23. The van der Waals surface area contributed by atoms with Crippen molar-refractivity contribution in [3.63, 3.8) is 0 Å². The van der Waals surface area contributed by atoms with E-state index in [-0.39, 0.29) is 23.0 Å². The van der Waals surface area contributed by atoms with Crippen molar-refractivity contribution in [3.05, 3.63) is 46.0 Å². The number of hydrogen-bond acceptors (Lipinski definition) is 5. The molecule has 2 heterocycles. The van der Waals surface area contributed by atoms with Crippen LogP contribution in [0.25, 0.3) is 0 Å². The molecule has 0 aromatic heterocycles. The second-order valence-electron chi connectivity index (χ2n) is 6.48. The number of amides is 1. The smallest absolute Gasteiger partial charge is 0.308 e. The molecular weight excluding hydrogens is 390 g/mol. The largest absolute Gasteiger partial charge is 0.481 e. The third-order valence-electron chi connectivity index (χ3n) is 4.70. The van der Waals surface area contributed by atoms with Gasteiger partial charge in [-0.3, -0.25) is 14.4 Å². The molecule has 8 heteroatoms. The number of carboxylic acids is 1. The Balaban J connectivity index is 1.97. The molecule has 1 N–H and O–H groups in total. The average molecular weight is 410 g/mol. The van der Waals surface area contributed by atoms with Gasteiger partial charge in [-0.05, 0) is 43.4 Å². The van der Waals surface area contributed by atoms with Crippen molar-refractivity contribution >= 4 is 41.0 Å². The van der Waals surface area contributed by atoms with Gasteiger partial charge in [-0.25, -0.2) is 0 Å². The quantitative estimate of drug-likeness (QED) is 0.697. The Bertz CT molecular complexity index is 786. The molecule has 2 aliphatic rings. The first-order valence-electron chi connectivity index (χ1n) is 8.62. The topological polar surface area (TPSA) is 83.9 Å². The van der Waals surface area contributed by atoms with Crippen LogP contribution in [0.4, 0.5) is 0 Å². The Labute approximate surface area is 166 Å². The molecule has 0 spiro atoms. The molecule has 0 saturated carbocycles. The summed E-state index contributed by atoms with van der Waals surface area (Å²) in [6, 6.07) is 6.36. The van der Waals surface area contributed by atoms with Crippen LogP contribution in [-0.2, 0) is 14.3 Å². The van der Waals surface area contributed by atoms with Crippen molar-refractivity contribution in [1.82, 2.24) is 4.90 Å². The summed E-state index contributed by atoms with van der Waals surface area (Å²) in [7, 11) is 0. The maximum atomic E-state index is 13.1. The Morgan fingerprint density at radius 3 is 2.59 bits per heavy atom. The van der Waals surface area contributed by atoms with Crippen LogP contribution in [0.5, 0.6) is 0 Å². The molecule has 3 rings (SSSR count). The molecule has 2 aliphatic heterocycles. The predicted molar refractivity (Wildman–Crippen MR) is 103 cm³/mol. The Morgan fingerprint density at radius 2 is 2.04 bits per heavy atom. The molecule has 0 bridgehead atoms. The lowest BCUT2D eigenvalue weighted by molar-refractivity contribution is -0.137. The first-order chi connectivity index (χ1) is 12.9. The zero-order valence-corrected chi connectivity index (χ0v) is 16.4. The number of carbonyl (C=O) groups excluding carboxylic acids is 2. The summed E-state index contributed by atoms with van der Waals surface area (Å²) in [5.41, 5.74) is 0.679. The number of hydrogen-bond donors (Lipinski definition) is 1. The second kappa shape index (κ2) is 8.46. The maximum absolute atomic E-state index is 13.1. The highest BCUT2D eigenvalue weighted by molar-refractivity contribution is 7.99. The number of ether oxygens (including phenoxy) is 1. The van der Waals surface area contributed by atoms with E-state index in [4.69, 9.17) is 16.3 Å². The minimum Gasteiger partial charge on any atom is -0.481 e. The Hall–Kier alpha value is -1.83. The van der Waals surface area contributed by atoms with Gasteiger partial charge in [0.15, 0.2) is 5.78 Å². The molecule has 27 heavy (non-hydrogen) atoms. The van der Waals surface area contributed by atoms with E-state index < -0.39 is 23.7 Å². The summed E-state index contributed by atoms with van der Waals surface area (Å²) >= 11 is 7.23. The van der Waals surface area contributed by atoms with Crippen molar-refractivity contribution in [3.8, 4) is 0 Å². The maximum Gasteiger partial charge on any atom is 0.308 e. The van der Waals surface area contributed by atoms with Crippen LogP contribution >= 0.6 is 23.4 Å². The second-order valence-corrected chi connectivity index (χ2v) is 7.83. The fourth-order valence-corrected chi connectivity index (χ4v) is 4.51. The highest BCUT2D eigenvalue weighted by Gasteiger charge is 2.43. The lowest BCUT2D eigenvalue weighted by atomic mass is 9.98. The van der Waals surface area contributed by atoms with E-state index in [9.17, 15) is 19.5 Å². The summed E-state index contributed by atoms with van der Waals surface area (Å²) in [6.45, 7) is 1.01. The lowest BCUT2D eigenvalue weighted by Gasteiger charge is -2.27. The molecular formula is C19H20ClNO5S. The van der Waals surface area contributed by atoms with E-state index in [0.717, 1.165) is 12.8 Å². The fraction of sp³-hybridized carbons (Fsp3) is 0.421. The highest BCUT2D eigenvalue weighted by Crippen LogP contribution is 2.37. The van der Waals surface area contributed by atoms with Crippen LogP contribution in [0.2, 0.25) is 5.02 Å². The minimum absolute atomic E-state index is 0.0554. The lowest BCUT2D eigenvalue weighted by Crippen LogP contribution is -2.40. The van der Waals surface area contributed by atoms with Gasteiger partial charge in [0.1, 0.15) is 5.37 Å². The summed E-state index contributed by atoms with van der Waals surface area (Å²) in [5, 5.41) is 9.23. The third-order valence-corrected chi connectivity index (χ3v) is 5.89. The van der Waals surface area contributed by atoms with Gasteiger partial charge >= 0.3 is 5.97 Å². The van der Waals surface area contributed by atoms with E-state index in [1.165, 1.54) is 11.8 Å². The van der Waals surface area contributed by atoms with Crippen LogP contribution in [0, 0.1) is 0 Å². The molecule has 0 aliphatic carbocycles. The van der Waals surface area contributed by atoms with Crippen LogP contribution in [0.3, 0.4) is 0 Å². The van der Waals surface area contributed by atoms with Crippen LogP contribution in [0.1, 0.15) is 29.6 Å². The normalized spacial score (nSPS) is 22.6. The number of carbonyl (C=O) groups is 3. The molecule has 1 aromatic carbocycles. The first-order valence-corrected chi connectivity index (χ1v) is 10.3. The van der Waals surface area contributed by atoms with Gasteiger partial charge < -0.3 is 14.7 Å². The third kappa shape index (κ3) is 4.20. The number of nitrogens with zero attached hydrogens (tertiary/aromatic N) is 1. The van der Waals surface area contributed by atoms with Gasteiger partial charge in [0.05, 0.1) is 12.5 Å². The van der Waals surface area contributed by atoms with E-state index >= 15 is 0 Å². The zero-order valence-electron chi connectivity index (χ0n) is 14.8. The summed E-state index contributed by atoms with van der Waals surface area (Å²) in [5.74, 6) is -1.88. The number of benzene rings is 1. The van der Waals surface area contributed by atoms with Crippen molar-refractivity contribution in [2.75, 3.05) is 19.4 Å². The van der Waals surface area contributed by atoms with Gasteiger partial charge in [-0.2, -0.15) is 0 Å². The van der Waals surface area contributed by atoms with Gasteiger partial charge in [0.25, 0.3) is 5.91 Å². The number of rotatable bonds is 7. The molecule has 0 unspecified atom stereocenters. The number of carboxylic acid groups (broad SMARTS) is 1. The molecule has 0 radical (unpaired) electrons. The van der Waals surface area contributed by atoms with Crippen molar-refractivity contribution in [2.24, 2.45) is 0 Å². The number of thioether (sulfide) groups is 1. The summed E-state index contributed by atoms with van der Waals surface area (Å²) in [4.78, 5) is 39.0. The number of ketones is 1. The van der Waals surface area contributed by atoms with Crippen LogP contribution < -0.4 is 0 Å². The number of halogens is 1.